The molecule has 1 aromatic rings. The highest BCUT2D eigenvalue weighted by Gasteiger charge is 2.33. The lowest BCUT2D eigenvalue weighted by Crippen LogP contribution is -2.54. The van der Waals surface area contributed by atoms with E-state index in [4.69, 9.17) is 5.73 Å². The quantitative estimate of drug-likeness (QED) is 0.818. The molecular weight excluding hydrogens is 357 g/mol. The molecule has 0 radical (unpaired) electrons. The van der Waals surface area contributed by atoms with E-state index in [-0.39, 0.29) is 41.8 Å². The van der Waals surface area contributed by atoms with Gasteiger partial charge in [0.2, 0.25) is 5.91 Å². The minimum absolute atomic E-state index is 0. The smallest absolute Gasteiger partial charge is 0.254 e. The first-order chi connectivity index (χ1) is 11.8. The average molecular weight is 386 g/mol. The minimum atomic E-state index is -0.682. The molecule has 1 heterocycles. The number of piperidine rings is 1. The molecule has 3 unspecified atom stereocenters. The van der Waals surface area contributed by atoms with E-state index in [0.29, 0.717) is 13.1 Å². The van der Waals surface area contributed by atoms with Crippen LogP contribution in [-0.4, -0.2) is 41.9 Å². The van der Waals surface area contributed by atoms with Gasteiger partial charge in [-0.1, -0.05) is 26.0 Å². The second-order valence-electron chi connectivity index (χ2n) is 7.22. The molecule has 3 atom stereocenters. The highest BCUT2D eigenvalue weighted by molar-refractivity contribution is 5.97. The number of hydrogen-bond acceptors (Lipinski definition) is 3. The molecule has 2 rings (SSSR count). The Morgan fingerprint density at radius 2 is 1.92 bits per heavy atom. The van der Waals surface area contributed by atoms with Gasteiger partial charge in [0.15, 0.2) is 0 Å². The number of rotatable bonds is 5. The first-order valence-corrected chi connectivity index (χ1v) is 8.91. The summed E-state index contributed by atoms with van der Waals surface area (Å²) in [4.78, 5) is 27.1. The van der Waals surface area contributed by atoms with Gasteiger partial charge in [-0.25, -0.2) is 4.39 Å². The maximum atomic E-state index is 13.8. The van der Waals surface area contributed by atoms with Gasteiger partial charge in [-0.05, 0) is 43.7 Å². The SMILES string of the molecule is CC(C)C(NC(=O)c1ccccc1F)C(=O)N1CCCC(C(C)N)C1.Cl. The van der Waals surface area contributed by atoms with Crippen LogP contribution < -0.4 is 11.1 Å². The van der Waals surface area contributed by atoms with Crippen LogP contribution in [0.3, 0.4) is 0 Å². The van der Waals surface area contributed by atoms with Gasteiger partial charge in [-0.15, -0.1) is 12.4 Å². The van der Waals surface area contributed by atoms with Crippen molar-refractivity contribution in [2.24, 2.45) is 17.6 Å². The van der Waals surface area contributed by atoms with E-state index in [0.717, 1.165) is 12.8 Å². The van der Waals surface area contributed by atoms with Crippen molar-refractivity contribution in [1.82, 2.24) is 10.2 Å². The van der Waals surface area contributed by atoms with Crippen LogP contribution in [0, 0.1) is 17.7 Å². The van der Waals surface area contributed by atoms with Crippen LogP contribution in [0.2, 0.25) is 0 Å². The first kappa shape index (κ1) is 22.4. The van der Waals surface area contributed by atoms with Crippen LogP contribution in [0.1, 0.15) is 44.0 Å². The van der Waals surface area contributed by atoms with Gasteiger partial charge in [0, 0.05) is 19.1 Å². The molecule has 7 heteroatoms. The van der Waals surface area contributed by atoms with Crippen molar-refractivity contribution in [2.75, 3.05) is 13.1 Å². The van der Waals surface area contributed by atoms with Gasteiger partial charge in [0.05, 0.1) is 5.56 Å². The number of likely N-dealkylation sites (tertiary alicyclic amines) is 1. The predicted octanol–water partition coefficient (Wildman–Crippen LogP) is 2.59. The number of nitrogens with one attached hydrogen (secondary N) is 1. The van der Waals surface area contributed by atoms with Crippen LogP contribution in [-0.2, 0) is 4.79 Å². The second-order valence-corrected chi connectivity index (χ2v) is 7.22. The molecule has 5 nitrogen and oxygen atoms in total. The Hall–Kier alpha value is -1.66. The minimum Gasteiger partial charge on any atom is -0.341 e. The Labute approximate surface area is 160 Å². The summed E-state index contributed by atoms with van der Waals surface area (Å²) in [5, 5.41) is 2.71. The number of benzene rings is 1. The van der Waals surface area contributed by atoms with Crippen molar-refractivity contribution in [2.45, 2.75) is 45.7 Å². The van der Waals surface area contributed by atoms with E-state index < -0.39 is 17.8 Å². The average Bonchev–Trinajstić information content (AvgIpc) is 2.59. The lowest BCUT2D eigenvalue weighted by Gasteiger charge is -2.37. The van der Waals surface area contributed by atoms with Gasteiger partial charge >= 0.3 is 0 Å². The first-order valence-electron chi connectivity index (χ1n) is 8.91. The van der Waals surface area contributed by atoms with Crippen molar-refractivity contribution in [3.05, 3.63) is 35.6 Å². The Balaban J connectivity index is 0.00000338. The van der Waals surface area contributed by atoms with Crippen molar-refractivity contribution < 1.29 is 14.0 Å². The Kier molecular flexibility index (Phi) is 8.50. The van der Waals surface area contributed by atoms with Crippen molar-refractivity contribution in [1.29, 1.82) is 0 Å². The lowest BCUT2D eigenvalue weighted by molar-refractivity contribution is -0.136. The highest BCUT2D eigenvalue weighted by atomic mass is 35.5. The van der Waals surface area contributed by atoms with Gasteiger partial charge in [-0.2, -0.15) is 0 Å². The van der Waals surface area contributed by atoms with E-state index in [1.807, 2.05) is 20.8 Å². The number of nitrogens with zero attached hydrogens (tertiary/aromatic N) is 1. The van der Waals surface area contributed by atoms with Crippen LogP contribution in [0.25, 0.3) is 0 Å². The number of nitrogens with two attached hydrogens (primary N) is 1. The zero-order chi connectivity index (χ0) is 18.6. The molecule has 1 aromatic carbocycles. The summed E-state index contributed by atoms with van der Waals surface area (Å²) in [5.74, 6) is -1.10. The Bertz CT molecular complexity index is 625. The molecule has 2 amide bonds. The highest BCUT2D eigenvalue weighted by Crippen LogP contribution is 2.21. The molecule has 0 aliphatic carbocycles. The molecule has 0 spiro atoms. The summed E-state index contributed by atoms with van der Waals surface area (Å²) in [6.45, 7) is 6.98. The van der Waals surface area contributed by atoms with Crippen LogP contribution in [0.4, 0.5) is 4.39 Å². The maximum absolute atomic E-state index is 13.8. The number of carbonyl (C=O) groups excluding carboxylic acids is 2. The Morgan fingerprint density at radius 3 is 2.50 bits per heavy atom. The summed E-state index contributed by atoms with van der Waals surface area (Å²) < 4.78 is 13.8. The number of carbonyl (C=O) groups is 2. The standard InChI is InChI=1S/C19H28FN3O2.ClH/c1-12(2)17(22-18(24)15-8-4-5-9-16(15)20)19(25)23-10-6-7-14(11-23)13(3)21;/h4-5,8-9,12-14,17H,6-7,10-11,21H2,1-3H3,(H,22,24);1H. The molecule has 146 valence electrons. The topological polar surface area (TPSA) is 75.4 Å². The van der Waals surface area contributed by atoms with Crippen LogP contribution in [0.15, 0.2) is 24.3 Å². The molecule has 0 bridgehead atoms. The lowest BCUT2D eigenvalue weighted by atomic mass is 9.91. The molecule has 3 N–H and O–H groups in total. The molecule has 1 aliphatic rings. The van der Waals surface area contributed by atoms with Gasteiger partial charge in [0.25, 0.3) is 5.91 Å². The Morgan fingerprint density at radius 1 is 1.27 bits per heavy atom. The second kappa shape index (κ2) is 9.88. The predicted molar refractivity (Wildman–Crippen MR) is 103 cm³/mol. The molecule has 1 fully saturated rings. The van der Waals surface area contributed by atoms with E-state index in [2.05, 4.69) is 5.32 Å². The summed E-state index contributed by atoms with van der Waals surface area (Å²) >= 11 is 0. The molecule has 1 aliphatic heterocycles. The zero-order valence-corrected chi connectivity index (χ0v) is 16.4. The van der Waals surface area contributed by atoms with Crippen LogP contribution in [0.5, 0.6) is 0 Å². The van der Waals surface area contributed by atoms with E-state index in [9.17, 15) is 14.0 Å². The monoisotopic (exact) mass is 385 g/mol. The van der Waals surface area contributed by atoms with Gasteiger partial charge in [-0.3, -0.25) is 9.59 Å². The molecule has 1 saturated heterocycles. The molecule has 26 heavy (non-hydrogen) atoms. The molecule has 0 aromatic heterocycles. The fraction of sp³-hybridized carbons (Fsp3) is 0.579. The third kappa shape index (κ3) is 5.42. The largest absolute Gasteiger partial charge is 0.341 e. The van der Waals surface area contributed by atoms with Gasteiger partial charge < -0.3 is 16.0 Å². The zero-order valence-electron chi connectivity index (χ0n) is 15.6. The van der Waals surface area contributed by atoms with E-state index in [1.54, 1.807) is 11.0 Å². The fourth-order valence-electron chi connectivity index (χ4n) is 3.21. The summed E-state index contributed by atoms with van der Waals surface area (Å²) in [5.41, 5.74) is 5.94. The van der Waals surface area contributed by atoms with E-state index in [1.165, 1.54) is 18.2 Å². The number of halogens is 2. The normalized spacial score (nSPS) is 19.5. The summed E-state index contributed by atoms with van der Waals surface area (Å²) in [6.07, 6.45) is 1.92. The molecular formula is C19H29ClFN3O2. The van der Waals surface area contributed by atoms with Crippen molar-refractivity contribution >= 4 is 24.2 Å². The third-order valence-electron chi connectivity index (χ3n) is 4.85. The van der Waals surface area contributed by atoms with Gasteiger partial charge in [0.1, 0.15) is 11.9 Å². The number of hydrogen-bond donors (Lipinski definition) is 2. The summed E-state index contributed by atoms with van der Waals surface area (Å²) in [6, 6.07) is 5.12. The van der Waals surface area contributed by atoms with E-state index >= 15 is 0 Å². The fourth-order valence-corrected chi connectivity index (χ4v) is 3.21. The van der Waals surface area contributed by atoms with Crippen molar-refractivity contribution in [3.8, 4) is 0 Å². The molecule has 0 saturated carbocycles. The summed E-state index contributed by atoms with van der Waals surface area (Å²) in [7, 11) is 0. The maximum Gasteiger partial charge on any atom is 0.254 e. The van der Waals surface area contributed by atoms with Crippen molar-refractivity contribution in [3.63, 3.8) is 0 Å². The van der Waals surface area contributed by atoms with Crippen LogP contribution >= 0.6 is 12.4 Å². The third-order valence-corrected chi connectivity index (χ3v) is 4.85. The number of amides is 2.